The smallest absolute Gasteiger partial charge is 0.262 e. The number of hydroxylamine groups is 1. The zero-order valence-electron chi connectivity index (χ0n) is 5.03. The topological polar surface area (TPSA) is 95.6 Å². The minimum Gasteiger partial charge on any atom is -0.391 e. The van der Waals surface area contributed by atoms with Crippen LogP contribution in [0.5, 0.6) is 0 Å². The molecule has 0 radical (unpaired) electrons. The number of aliphatic hydroxyl groups excluding tert-OH is 1. The van der Waals surface area contributed by atoms with E-state index in [2.05, 4.69) is 0 Å². The number of nitrogens with one attached hydrogen (secondary N) is 1. The van der Waals surface area contributed by atoms with Gasteiger partial charge in [0.05, 0.1) is 6.10 Å². The Balaban J connectivity index is 3.72. The highest BCUT2D eigenvalue weighted by Crippen LogP contribution is 1.86. The van der Waals surface area contributed by atoms with E-state index < -0.39 is 18.1 Å². The molecular weight excluding hydrogens is 124 g/mol. The molecule has 0 fully saturated rings. The summed E-state index contributed by atoms with van der Waals surface area (Å²) in [6, 6.07) is -1.06. The Kier molecular flexibility index (Phi) is 3.15. The lowest BCUT2D eigenvalue weighted by molar-refractivity contribution is -0.132. The molecule has 0 aromatic rings. The van der Waals surface area contributed by atoms with Crippen molar-refractivity contribution >= 4 is 5.91 Å². The average Bonchev–Trinajstić information content (AvgIpc) is 1.84. The monoisotopic (exact) mass is 134 g/mol. The number of carbonyl (C=O) groups is 1. The first-order valence-electron chi connectivity index (χ1n) is 2.47. The van der Waals surface area contributed by atoms with E-state index in [-0.39, 0.29) is 0 Å². The molecule has 0 saturated heterocycles. The van der Waals surface area contributed by atoms with Gasteiger partial charge in [-0.15, -0.1) is 0 Å². The van der Waals surface area contributed by atoms with Crippen LogP contribution in [0.15, 0.2) is 0 Å². The summed E-state index contributed by atoms with van der Waals surface area (Å²) in [7, 11) is 0. The van der Waals surface area contributed by atoms with Crippen LogP contribution >= 0.6 is 0 Å². The molecule has 5 N–H and O–H groups in total. The van der Waals surface area contributed by atoms with E-state index in [1.165, 1.54) is 12.4 Å². The summed E-state index contributed by atoms with van der Waals surface area (Å²) in [6.07, 6.45) is -0.947. The van der Waals surface area contributed by atoms with Gasteiger partial charge in [0.2, 0.25) is 0 Å². The second kappa shape index (κ2) is 3.39. The predicted octanol–water partition coefficient (Wildman–Crippen LogP) is -1.80. The van der Waals surface area contributed by atoms with Crippen LogP contribution in [-0.4, -0.2) is 28.4 Å². The van der Waals surface area contributed by atoms with E-state index in [9.17, 15) is 4.79 Å². The number of aliphatic hydroxyl groups is 1. The van der Waals surface area contributed by atoms with E-state index in [1.807, 2.05) is 0 Å². The second-order valence-corrected chi connectivity index (χ2v) is 1.74. The Morgan fingerprint density at radius 1 is 1.78 bits per heavy atom. The van der Waals surface area contributed by atoms with Crippen molar-refractivity contribution in [3.8, 4) is 0 Å². The summed E-state index contributed by atoms with van der Waals surface area (Å²) in [5, 5.41) is 16.6. The Morgan fingerprint density at radius 3 is 2.33 bits per heavy atom. The molecular formula is C4H10N2O3. The SMILES string of the molecule is C[C@@H](O)C(N)C(=O)NO. The first-order chi connectivity index (χ1) is 4.09. The van der Waals surface area contributed by atoms with Crippen LogP contribution in [-0.2, 0) is 4.79 Å². The molecule has 2 atom stereocenters. The highest BCUT2D eigenvalue weighted by Gasteiger charge is 2.17. The van der Waals surface area contributed by atoms with Crippen molar-refractivity contribution in [1.82, 2.24) is 5.48 Å². The summed E-state index contributed by atoms with van der Waals surface area (Å²) in [5.74, 6) is -0.787. The third-order valence-corrected chi connectivity index (χ3v) is 0.933. The van der Waals surface area contributed by atoms with Gasteiger partial charge in [-0.2, -0.15) is 0 Å². The lowest BCUT2D eigenvalue weighted by atomic mass is 10.2. The summed E-state index contributed by atoms with van der Waals surface area (Å²) in [4.78, 5) is 10.3. The minimum absolute atomic E-state index is 0.787. The fourth-order valence-electron chi connectivity index (χ4n) is 0.294. The first kappa shape index (κ1) is 8.35. The molecule has 0 heterocycles. The second-order valence-electron chi connectivity index (χ2n) is 1.74. The number of nitrogens with two attached hydrogens (primary N) is 1. The van der Waals surface area contributed by atoms with Gasteiger partial charge in [0.1, 0.15) is 6.04 Å². The lowest BCUT2D eigenvalue weighted by Gasteiger charge is -2.10. The highest BCUT2D eigenvalue weighted by atomic mass is 16.5. The summed E-state index contributed by atoms with van der Waals surface area (Å²) < 4.78 is 0. The number of hydrogen-bond acceptors (Lipinski definition) is 4. The van der Waals surface area contributed by atoms with E-state index >= 15 is 0 Å². The van der Waals surface area contributed by atoms with Gasteiger partial charge < -0.3 is 10.8 Å². The summed E-state index contributed by atoms with van der Waals surface area (Å²) in [5.41, 5.74) is 6.37. The van der Waals surface area contributed by atoms with Crippen LogP contribution in [0.1, 0.15) is 6.92 Å². The molecule has 0 bridgehead atoms. The molecule has 5 nitrogen and oxygen atoms in total. The van der Waals surface area contributed by atoms with E-state index in [4.69, 9.17) is 16.0 Å². The Hall–Kier alpha value is -0.650. The largest absolute Gasteiger partial charge is 0.391 e. The number of hydrogen-bond donors (Lipinski definition) is 4. The number of carbonyl (C=O) groups excluding carboxylic acids is 1. The van der Waals surface area contributed by atoms with Gasteiger partial charge in [-0.05, 0) is 6.92 Å². The third kappa shape index (κ3) is 2.41. The molecule has 0 aliphatic rings. The standard InChI is InChI=1S/C4H10N2O3/c1-2(7)3(5)4(8)6-9/h2-3,7,9H,5H2,1H3,(H,6,8)/t2-,3?/m1/s1. The maximum absolute atomic E-state index is 10.3. The minimum atomic E-state index is -1.06. The van der Waals surface area contributed by atoms with Gasteiger partial charge in [0.25, 0.3) is 5.91 Å². The molecule has 0 aliphatic carbocycles. The van der Waals surface area contributed by atoms with Crippen molar-refractivity contribution in [1.29, 1.82) is 0 Å². The fourth-order valence-corrected chi connectivity index (χ4v) is 0.294. The van der Waals surface area contributed by atoms with Gasteiger partial charge in [-0.25, -0.2) is 5.48 Å². The molecule has 0 aliphatic heterocycles. The summed E-state index contributed by atoms with van der Waals surface area (Å²) >= 11 is 0. The third-order valence-electron chi connectivity index (χ3n) is 0.933. The molecule has 9 heavy (non-hydrogen) atoms. The zero-order chi connectivity index (χ0) is 7.44. The number of amides is 1. The first-order valence-corrected chi connectivity index (χ1v) is 2.47. The fraction of sp³-hybridized carbons (Fsp3) is 0.750. The van der Waals surface area contributed by atoms with Crippen LogP contribution < -0.4 is 11.2 Å². The van der Waals surface area contributed by atoms with E-state index in [1.54, 1.807) is 0 Å². The molecule has 0 spiro atoms. The molecule has 0 aromatic heterocycles. The van der Waals surface area contributed by atoms with E-state index in [0.717, 1.165) is 0 Å². The van der Waals surface area contributed by atoms with Crippen molar-refractivity contribution in [3.63, 3.8) is 0 Å². The highest BCUT2D eigenvalue weighted by molar-refractivity contribution is 5.80. The molecule has 5 heteroatoms. The van der Waals surface area contributed by atoms with Crippen LogP contribution in [0.4, 0.5) is 0 Å². The molecule has 54 valence electrons. The molecule has 0 aromatic carbocycles. The van der Waals surface area contributed by atoms with Crippen LogP contribution in [0.25, 0.3) is 0 Å². The predicted molar refractivity (Wildman–Crippen MR) is 29.6 cm³/mol. The van der Waals surface area contributed by atoms with Crippen LogP contribution in [0.2, 0.25) is 0 Å². The van der Waals surface area contributed by atoms with Crippen LogP contribution in [0.3, 0.4) is 0 Å². The van der Waals surface area contributed by atoms with Crippen molar-refractivity contribution < 1.29 is 15.1 Å². The summed E-state index contributed by atoms with van der Waals surface area (Å²) in [6.45, 7) is 1.36. The van der Waals surface area contributed by atoms with Gasteiger partial charge in [0.15, 0.2) is 0 Å². The molecule has 0 saturated carbocycles. The molecule has 1 unspecified atom stereocenters. The van der Waals surface area contributed by atoms with Gasteiger partial charge in [-0.3, -0.25) is 10.0 Å². The van der Waals surface area contributed by atoms with Gasteiger partial charge >= 0.3 is 0 Å². The van der Waals surface area contributed by atoms with Crippen molar-refractivity contribution in [2.45, 2.75) is 19.1 Å². The van der Waals surface area contributed by atoms with E-state index in [0.29, 0.717) is 0 Å². The van der Waals surface area contributed by atoms with Gasteiger partial charge in [0, 0.05) is 0 Å². The number of rotatable bonds is 2. The zero-order valence-corrected chi connectivity index (χ0v) is 5.03. The maximum Gasteiger partial charge on any atom is 0.262 e. The molecule has 1 amide bonds. The average molecular weight is 134 g/mol. The van der Waals surface area contributed by atoms with Crippen molar-refractivity contribution in [3.05, 3.63) is 0 Å². The van der Waals surface area contributed by atoms with Crippen molar-refractivity contribution in [2.24, 2.45) is 5.73 Å². The lowest BCUT2D eigenvalue weighted by Crippen LogP contribution is -2.46. The van der Waals surface area contributed by atoms with Gasteiger partial charge in [-0.1, -0.05) is 0 Å². The Labute approximate surface area is 52.4 Å². The molecule has 0 rings (SSSR count). The Bertz CT molecular complexity index is 104. The van der Waals surface area contributed by atoms with Crippen molar-refractivity contribution in [2.75, 3.05) is 0 Å². The quantitative estimate of drug-likeness (QED) is 0.264. The van der Waals surface area contributed by atoms with Crippen LogP contribution in [0, 0.1) is 0 Å². The Morgan fingerprint density at radius 2 is 2.22 bits per heavy atom. The normalized spacial score (nSPS) is 16.4. The maximum atomic E-state index is 10.3.